The fourth-order valence-electron chi connectivity index (χ4n) is 3.61. The van der Waals surface area contributed by atoms with Crippen LogP contribution in [0.15, 0.2) is 12.7 Å². The van der Waals surface area contributed by atoms with Crippen LogP contribution in [-0.2, 0) is 0 Å². The second-order valence-corrected chi connectivity index (χ2v) is 5.49. The number of imidazole rings is 1. The summed E-state index contributed by atoms with van der Waals surface area (Å²) in [5.41, 5.74) is 2.37. The van der Waals surface area contributed by atoms with Gasteiger partial charge in [-0.3, -0.25) is 4.40 Å². The minimum absolute atomic E-state index is 0.455. The maximum absolute atomic E-state index is 4.41. The summed E-state index contributed by atoms with van der Waals surface area (Å²) in [5.74, 6) is 1.48. The van der Waals surface area contributed by atoms with Crippen molar-refractivity contribution in [2.45, 2.75) is 37.3 Å². The van der Waals surface area contributed by atoms with Crippen molar-refractivity contribution in [3.05, 3.63) is 18.5 Å². The van der Waals surface area contributed by atoms with Gasteiger partial charge in [0.1, 0.15) is 17.7 Å². The highest BCUT2D eigenvalue weighted by molar-refractivity contribution is 5.84. The summed E-state index contributed by atoms with van der Waals surface area (Å²) >= 11 is 0. The Morgan fingerprint density at radius 2 is 2.21 bits per heavy atom. The average molecular weight is 255 g/mol. The topological polar surface area (TPSA) is 83.8 Å². The van der Waals surface area contributed by atoms with Gasteiger partial charge >= 0.3 is 0 Å². The first-order valence-corrected chi connectivity index (χ1v) is 6.69. The quantitative estimate of drug-likeness (QED) is 0.665. The molecule has 2 fully saturated rings. The lowest BCUT2D eigenvalue weighted by molar-refractivity contribution is 0.483. The summed E-state index contributed by atoms with van der Waals surface area (Å²) in [6.45, 7) is 0. The van der Waals surface area contributed by atoms with E-state index in [0.717, 1.165) is 23.4 Å². The highest BCUT2D eigenvalue weighted by Crippen LogP contribution is 2.39. The van der Waals surface area contributed by atoms with E-state index < -0.39 is 0 Å². The number of hydrogen-bond donors (Lipinski definition) is 2. The van der Waals surface area contributed by atoms with Crippen LogP contribution in [0.5, 0.6) is 0 Å². The minimum atomic E-state index is 0.455. The molecular weight excluding hydrogens is 242 g/mol. The third kappa shape index (κ3) is 1.20. The summed E-state index contributed by atoms with van der Waals surface area (Å²) in [6, 6.07) is 1.21. The first-order chi connectivity index (χ1) is 9.40. The summed E-state index contributed by atoms with van der Waals surface area (Å²) in [5, 5.41) is 12.4. The van der Waals surface area contributed by atoms with Gasteiger partial charge in [-0.25, -0.2) is 9.97 Å². The molecule has 2 aliphatic rings. The SMILES string of the molecule is c1nc2ncn3c(C4CC5CCC4N5)nnc3c2[nH]1. The van der Waals surface area contributed by atoms with E-state index in [9.17, 15) is 0 Å². The predicted octanol–water partition coefficient (Wildman–Crippen LogP) is 0.608. The first-order valence-electron chi connectivity index (χ1n) is 6.69. The fraction of sp³-hybridized carbons (Fsp3) is 0.500. The van der Waals surface area contributed by atoms with Gasteiger partial charge in [0.05, 0.1) is 6.33 Å². The summed E-state index contributed by atoms with van der Waals surface area (Å²) < 4.78 is 2.01. The van der Waals surface area contributed by atoms with Gasteiger partial charge in [0.15, 0.2) is 11.3 Å². The van der Waals surface area contributed by atoms with E-state index in [1.165, 1.54) is 12.8 Å². The van der Waals surface area contributed by atoms with Crippen LogP contribution in [0, 0.1) is 0 Å². The van der Waals surface area contributed by atoms with Crippen LogP contribution in [0.4, 0.5) is 0 Å². The van der Waals surface area contributed by atoms with Gasteiger partial charge in [0, 0.05) is 18.0 Å². The van der Waals surface area contributed by atoms with E-state index in [1.807, 2.05) is 4.40 Å². The molecule has 0 aromatic carbocycles. The lowest BCUT2D eigenvalue weighted by Gasteiger charge is -2.17. The van der Waals surface area contributed by atoms with Crippen LogP contribution in [0.3, 0.4) is 0 Å². The van der Waals surface area contributed by atoms with Crippen LogP contribution in [0.2, 0.25) is 0 Å². The van der Waals surface area contributed by atoms with Crippen molar-refractivity contribution in [3.63, 3.8) is 0 Å². The second kappa shape index (κ2) is 3.30. The average Bonchev–Trinajstić information content (AvgIpc) is 3.19. The van der Waals surface area contributed by atoms with Crippen molar-refractivity contribution >= 4 is 16.8 Å². The van der Waals surface area contributed by atoms with Crippen LogP contribution in [-0.4, -0.2) is 41.6 Å². The van der Waals surface area contributed by atoms with Crippen molar-refractivity contribution in [3.8, 4) is 0 Å². The third-order valence-corrected chi connectivity index (χ3v) is 4.49. The molecule has 0 amide bonds. The van der Waals surface area contributed by atoms with E-state index in [0.29, 0.717) is 23.6 Å². The Hall–Kier alpha value is -2.02. The molecule has 0 saturated carbocycles. The lowest BCUT2D eigenvalue weighted by atomic mass is 9.88. The number of nitrogens with one attached hydrogen (secondary N) is 2. The molecule has 2 bridgehead atoms. The molecule has 7 heteroatoms. The van der Waals surface area contributed by atoms with Crippen LogP contribution < -0.4 is 5.32 Å². The summed E-state index contributed by atoms with van der Waals surface area (Å²) in [7, 11) is 0. The maximum atomic E-state index is 4.41. The van der Waals surface area contributed by atoms with E-state index in [-0.39, 0.29) is 0 Å². The molecule has 0 radical (unpaired) electrons. The van der Waals surface area contributed by atoms with Gasteiger partial charge in [-0.2, -0.15) is 0 Å². The zero-order valence-electron chi connectivity index (χ0n) is 10.2. The number of aromatic nitrogens is 6. The van der Waals surface area contributed by atoms with Crippen LogP contribution in [0.25, 0.3) is 16.8 Å². The van der Waals surface area contributed by atoms with Gasteiger partial charge < -0.3 is 10.3 Å². The largest absolute Gasteiger partial charge is 0.340 e. The van der Waals surface area contributed by atoms with Gasteiger partial charge in [-0.05, 0) is 19.3 Å². The van der Waals surface area contributed by atoms with Crippen molar-refractivity contribution in [2.75, 3.05) is 0 Å². The number of rotatable bonds is 1. The Labute approximate surface area is 108 Å². The molecule has 7 nitrogen and oxygen atoms in total. The molecule has 96 valence electrons. The van der Waals surface area contributed by atoms with Crippen molar-refractivity contribution < 1.29 is 0 Å². The number of aromatic amines is 1. The molecule has 5 rings (SSSR count). The normalized spacial score (nSPS) is 29.8. The summed E-state index contributed by atoms with van der Waals surface area (Å²) in [6.07, 6.45) is 7.13. The Morgan fingerprint density at radius 1 is 1.21 bits per heavy atom. The maximum Gasteiger partial charge on any atom is 0.189 e. The van der Waals surface area contributed by atoms with Gasteiger partial charge in [0.2, 0.25) is 0 Å². The zero-order valence-corrected chi connectivity index (χ0v) is 10.2. The Morgan fingerprint density at radius 3 is 3.05 bits per heavy atom. The Kier molecular flexibility index (Phi) is 1.71. The minimum Gasteiger partial charge on any atom is -0.340 e. The monoisotopic (exact) mass is 255 g/mol. The van der Waals surface area contributed by atoms with Crippen molar-refractivity contribution in [1.82, 2.24) is 34.9 Å². The van der Waals surface area contributed by atoms with Crippen LogP contribution >= 0.6 is 0 Å². The fourth-order valence-corrected chi connectivity index (χ4v) is 3.61. The second-order valence-electron chi connectivity index (χ2n) is 5.49. The molecule has 0 spiro atoms. The molecule has 2 saturated heterocycles. The molecular formula is C12H13N7. The predicted molar refractivity (Wildman–Crippen MR) is 67.7 cm³/mol. The van der Waals surface area contributed by atoms with Crippen molar-refractivity contribution in [2.24, 2.45) is 0 Å². The van der Waals surface area contributed by atoms with Crippen molar-refractivity contribution in [1.29, 1.82) is 0 Å². The number of nitrogens with zero attached hydrogens (tertiary/aromatic N) is 5. The van der Waals surface area contributed by atoms with E-state index in [4.69, 9.17) is 0 Å². The van der Waals surface area contributed by atoms with E-state index in [1.54, 1.807) is 12.7 Å². The highest BCUT2D eigenvalue weighted by atomic mass is 15.3. The van der Waals surface area contributed by atoms with Crippen LogP contribution in [0.1, 0.15) is 31.0 Å². The number of fused-ring (bicyclic) bond motifs is 5. The molecule has 3 unspecified atom stereocenters. The molecule has 3 aromatic rings. The molecule has 5 heterocycles. The standard InChI is InChI=1S/C12H13N7/c1-2-8-7(3-6(1)16-8)11-17-18-12-9-10(14-4-13-9)15-5-19(11)12/h4-8,16H,1-3H2,(H,13,14). The molecule has 3 atom stereocenters. The smallest absolute Gasteiger partial charge is 0.189 e. The lowest BCUT2D eigenvalue weighted by Crippen LogP contribution is -2.22. The first kappa shape index (κ1) is 9.85. The third-order valence-electron chi connectivity index (χ3n) is 4.49. The summed E-state index contributed by atoms with van der Waals surface area (Å²) in [4.78, 5) is 11.6. The number of hydrogen-bond acceptors (Lipinski definition) is 5. The molecule has 19 heavy (non-hydrogen) atoms. The highest BCUT2D eigenvalue weighted by Gasteiger charge is 2.42. The van der Waals surface area contributed by atoms with Gasteiger partial charge in [0.25, 0.3) is 0 Å². The molecule has 2 N–H and O–H groups in total. The molecule has 3 aromatic heterocycles. The molecule has 2 aliphatic heterocycles. The zero-order chi connectivity index (χ0) is 12.4. The van der Waals surface area contributed by atoms with Gasteiger partial charge in [-0.15, -0.1) is 10.2 Å². The molecule has 0 aliphatic carbocycles. The Bertz CT molecular complexity index is 773. The van der Waals surface area contributed by atoms with E-state index >= 15 is 0 Å². The van der Waals surface area contributed by atoms with Gasteiger partial charge in [-0.1, -0.05) is 0 Å². The number of H-pyrrole nitrogens is 1. The Balaban J connectivity index is 1.72. The van der Waals surface area contributed by atoms with E-state index in [2.05, 4.69) is 30.5 Å².